The number of alkyl halides is 3. The summed E-state index contributed by atoms with van der Waals surface area (Å²) >= 11 is 0. The fourth-order valence-electron chi connectivity index (χ4n) is 2.81. The van der Waals surface area contributed by atoms with Crippen LogP contribution >= 0.6 is 0 Å². The average molecular weight is 400 g/mol. The first-order valence-electron chi connectivity index (χ1n) is 8.91. The van der Waals surface area contributed by atoms with Crippen LogP contribution in [0.5, 0.6) is 5.75 Å². The van der Waals surface area contributed by atoms with Gasteiger partial charge in [0.25, 0.3) is 0 Å². The summed E-state index contributed by atoms with van der Waals surface area (Å²) in [5.41, 5.74) is 2.78. The molecular weight excluding hydrogens is 381 g/mol. The summed E-state index contributed by atoms with van der Waals surface area (Å²) in [6.45, 7) is -0.210. The first kappa shape index (κ1) is 20.3. The van der Waals surface area contributed by atoms with E-state index in [1.54, 1.807) is 12.1 Å². The Morgan fingerprint density at radius 2 is 1.45 bits per heavy atom. The Kier molecular flexibility index (Phi) is 6.39. The minimum Gasteiger partial charge on any atom is -0.404 e. The summed E-state index contributed by atoms with van der Waals surface area (Å²) in [5, 5.41) is 5.49. The van der Waals surface area contributed by atoms with E-state index < -0.39 is 12.1 Å². The molecule has 3 rings (SSSR count). The van der Waals surface area contributed by atoms with Crippen LogP contribution in [0.3, 0.4) is 0 Å². The standard InChI is InChI=1S/C22H19F3N2O2/c23-22(24,25)29-20-13-7-6-12-19(20)26-15-21(28)27-18-11-5-4-10-17(18)14-16-8-2-1-3-9-16/h1-13,26H,14-15H2,(H,27,28). The van der Waals surface area contributed by atoms with Crippen LogP contribution in [-0.4, -0.2) is 18.8 Å². The maximum atomic E-state index is 12.5. The van der Waals surface area contributed by atoms with Gasteiger partial charge in [0.05, 0.1) is 12.2 Å². The molecule has 0 atom stereocenters. The van der Waals surface area contributed by atoms with Gasteiger partial charge in [-0.05, 0) is 35.7 Å². The molecule has 0 saturated carbocycles. The van der Waals surface area contributed by atoms with E-state index in [0.717, 1.165) is 11.1 Å². The zero-order valence-electron chi connectivity index (χ0n) is 15.4. The molecule has 3 aromatic carbocycles. The molecule has 0 saturated heterocycles. The summed E-state index contributed by atoms with van der Waals surface area (Å²) in [7, 11) is 0. The summed E-state index contributed by atoms with van der Waals surface area (Å²) in [6.07, 6.45) is -4.16. The molecule has 0 unspecified atom stereocenters. The molecule has 0 aromatic heterocycles. The molecule has 0 heterocycles. The summed E-state index contributed by atoms with van der Waals surface area (Å²) in [6, 6.07) is 22.8. The van der Waals surface area contributed by atoms with Crippen LogP contribution in [0.25, 0.3) is 0 Å². The predicted molar refractivity (Wildman–Crippen MR) is 106 cm³/mol. The van der Waals surface area contributed by atoms with Gasteiger partial charge in [0.1, 0.15) is 0 Å². The Bertz CT molecular complexity index is 960. The molecule has 7 heteroatoms. The van der Waals surface area contributed by atoms with E-state index >= 15 is 0 Å². The number of anilines is 2. The van der Waals surface area contributed by atoms with E-state index in [1.165, 1.54) is 18.2 Å². The number of hydrogen-bond acceptors (Lipinski definition) is 3. The van der Waals surface area contributed by atoms with Crippen molar-refractivity contribution in [2.45, 2.75) is 12.8 Å². The highest BCUT2D eigenvalue weighted by Gasteiger charge is 2.32. The minimum atomic E-state index is -4.81. The smallest absolute Gasteiger partial charge is 0.404 e. The molecular formula is C22H19F3N2O2. The van der Waals surface area contributed by atoms with Crippen molar-refractivity contribution < 1.29 is 22.7 Å². The van der Waals surface area contributed by atoms with E-state index in [0.29, 0.717) is 12.1 Å². The van der Waals surface area contributed by atoms with Crippen LogP contribution in [0.2, 0.25) is 0 Å². The van der Waals surface area contributed by atoms with E-state index in [9.17, 15) is 18.0 Å². The van der Waals surface area contributed by atoms with Gasteiger partial charge in [0.15, 0.2) is 5.75 Å². The lowest BCUT2D eigenvalue weighted by molar-refractivity contribution is -0.274. The molecule has 0 aliphatic heterocycles. The molecule has 0 spiro atoms. The number of para-hydroxylation sites is 3. The van der Waals surface area contributed by atoms with Gasteiger partial charge < -0.3 is 15.4 Å². The van der Waals surface area contributed by atoms with E-state index in [1.807, 2.05) is 48.5 Å². The molecule has 0 radical (unpaired) electrons. The molecule has 3 aromatic rings. The molecule has 29 heavy (non-hydrogen) atoms. The predicted octanol–water partition coefficient (Wildman–Crippen LogP) is 5.23. The number of nitrogens with one attached hydrogen (secondary N) is 2. The van der Waals surface area contributed by atoms with E-state index in [4.69, 9.17) is 0 Å². The van der Waals surface area contributed by atoms with Crippen LogP contribution < -0.4 is 15.4 Å². The van der Waals surface area contributed by atoms with Crippen molar-refractivity contribution in [1.29, 1.82) is 0 Å². The van der Waals surface area contributed by atoms with Gasteiger partial charge in [-0.3, -0.25) is 4.79 Å². The molecule has 0 aliphatic rings. The minimum absolute atomic E-state index is 0.0811. The number of halogens is 3. The molecule has 2 N–H and O–H groups in total. The van der Waals surface area contributed by atoms with Crippen LogP contribution in [0.1, 0.15) is 11.1 Å². The van der Waals surface area contributed by atoms with Crippen LogP contribution in [0.4, 0.5) is 24.5 Å². The first-order valence-corrected chi connectivity index (χ1v) is 8.91. The van der Waals surface area contributed by atoms with Crippen molar-refractivity contribution in [3.63, 3.8) is 0 Å². The first-order chi connectivity index (χ1) is 13.9. The number of hydrogen-bond donors (Lipinski definition) is 2. The topological polar surface area (TPSA) is 50.4 Å². The number of carbonyl (C=O) groups is 1. The second-order valence-electron chi connectivity index (χ2n) is 6.27. The number of rotatable bonds is 7. The third-order valence-electron chi connectivity index (χ3n) is 4.08. The van der Waals surface area contributed by atoms with Crippen LogP contribution in [0.15, 0.2) is 78.9 Å². The molecule has 0 fully saturated rings. The second-order valence-corrected chi connectivity index (χ2v) is 6.27. The lowest BCUT2D eigenvalue weighted by Gasteiger charge is -2.15. The third kappa shape index (κ3) is 6.27. The van der Waals surface area contributed by atoms with Crippen molar-refractivity contribution in [3.05, 3.63) is 90.0 Å². The van der Waals surface area contributed by atoms with Crippen molar-refractivity contribution in [2.75, 3.05) is 17.2 Å². The fourth-order valence-corrected chi connectivity index (χ4v) is 2.81. The lowest BCUT2D eigenvalue weighted by atomic mass is 10.0. The SMILES string of the molecule is O=C(CNc1ccccc1OC(F)(F)F)Nc1ccccc1Cc1ccccc1. The zero-order chi connectivity index (χ0) is 20.7. The Hall–Kier alpha value is -3.48. The number of carbonyl (C=O) groups excluding carboxylic acids is 1. The Balaban J connectivity index is 1.64. The maximum absolute atomic E-state index is 12.5. The molecule has 4 nitrogen and oxygen atoms in total. The highest BCUT2D eigenvalue weighted by atomic mass is 19.4. The van der Waals surface area contributed by atoms with E-state index in [-0.39, 0.29) is 18.1 Å². The molecule has 150 valence electrons. The fraction of sp³-hybridized carbons (Fsp3) is 0.136. The van der Waals surface area contributed by atoms with Crippen molar-refractivity contribution in [2.24, 2.45) is 0 Å². The Morgan fingerprint density at radius 3 is 2.17 bits per heavy atom. The highest BCUT2D eigenvalue weighted by molar-refractivity contribution is 5.94. The lowest BCUT2D eigenvalue weighted by Crippen LogP contribution is -2.23. The molecule has 0 bridgehead atoms. The monoisotopic (exact) mass is 400 g/mol. The molecule has 1 amide bonds. The number of benzene rings is 3. The average Bonchev–Trinajstić information content (AvgIpc) is 2.68. The van der Waals surface area contributed by atoms with Gasteiger partial charge in [-0.2, -0.15) is 0 Å². The van der Waals surface area contributed by atoms with Crippen molar-refractivity contribution in [1.82, 2.24) is 0 Å². The van der Waals surface area contributed by atoms with Gasteiger partial charge in [0.2, 0.25) is 5.91 Å². The Labute approximate surface area is 166 Å². The van der Waals surface area contributed by atoms with Gasteiger partial charge in [-0.15, -0.1) is 13.2 Å². The molecule has 0 aliphatic carbocycles. The van der Waals surface area contributed by atoms with Crippen molar-refractivity contribution >= 4 is 17.3 Å². The largest absolute Gasteiger partial charge is 0.573 e. The quantitative estimate of drug-likeness (QED) is 0.571. The van der Waals surface area contributed by atoms with Crippen LogP contribution in [0, 0.1) is 0 Å². The van der Waals surface area contributed by atoms with Crippen molar-refractivity contribution in [3.8, 4) is 5.75 Å². The van der Waals surface area contributed by atoms with Crippen LogP contribution in [-0.2, 0) is 11.2 Å². The van der Waals surface area contributed by atoms with Gasteiger partial charge >= 0.3 is 6.36 Å². The van der Waals surface area contributed by atoms with Gasteiger partial charge in [-0.1, -0.05) is 60.7 Å². The van der Waals surface area contributed by atoms with E-state index in [2.05, 4.69) is 15.4 Å². The maximum Gasteiger partial charge on any atom is 0.573 e. The summed E-state index contributed by atoms with van der Waals surface area (Å²) < 4.78 is 41.5. The highest BCUT2D eigenvalue weighted by Crippen LogP contribution is 2.29. The number of amides is 1. The third-order valence-corrected chi connectivity index (χ3v) is 4.08. The van der Waals surface area contributed by atoms with Gasteiger partial charge in [0, 0.05) is 5.69 Å². The normalized spacial score (nSPS) is 11.0. The van der Waals surface area contributed by atoms with Gasteiger partial charge in [-0.25, -0.2) is 0 Å². The number of ether oxygens (including phenoxy) is 1. The zero-order valence-corrected chi connectivity index (χ0v) is 15.4. The summed E-state index contributed by atoms with van der Waals surface area (Å²) in [5.74, 6) is -0.774. The Morgan fingerprint density at radius 1 is 0.828 bits per heavy atom. The second kappa shape index (κ2) is 9.14. The summed E-state index contributed by atoms with van der Waals surface area (Å²) in [4.78, 5) is 12.4.